The molecule has 1 aromatic heterocycles. The highest BCUT2D eigenvalue weighted by atomic mass is 19.4. The van der Waals surface area contributed by atoms with Crippen molar-refractivity contribution in [2.24, 2.45) is 0 Å². The topological polar surface area (TPSA) is 72.7 Å². The average molecular weight is 375 g/mol. The molecular weight excluding hydrogens is 359 g/mol. The molecule has 0 spiro atoms. The van der Waals surface area contributed by atoms with Gasteiger partial charge in [-0.05, 0) is 48.9 Å². The maximum Gasteiger partial charge on any atom is 0.416 e. The predicted octanol–water partition coefficient (Wildman–Crippen LogP) is 3.87. The molecular formula is C18H16F3N5O. The first-order chi connectivity index (χ1) is 12.7. The maximum absolute atomic E-state index is 12.8. The summed E-state index contributed by atoms with van der Waals surface area (Å²) in [7, 11) is 0. The number of halogens is 3. The van der Waals surface area contributed by atoms with Crippen molar-refractivity contribution >= 4 is 11.6 Å². The second-order valence-electron chi connectivity index (χ2n) is 6.05. The standard InChI is InChI=1S/C18H16F3N5O/c1-11-5-3-8-15(9-11)22-17(27)12(2)26-24-16(23-25-26)13-6-4-7-14(10-13)18(19,20)21/h3-10,12H,1-2H3,(H,22,27). The fourth-order valence-electron chi connectivity index (χ4n) is 2.41. The monoisotopic (exact) mass is 375 g/mol. The number of tetrazole rings is 1. The summed E-state index contributed by atoms with van der Waals surface area (Å²) >= 11 is 0. The second kappa shape index (κ2) is 7.18. The number of benzene rings is 2. The number of nitrogens with zero attached hydrogens (tertiary/aromatic N) is 4. The van der Waals surface area contributed by atoms with Crippen LogP contribution < -0.4 is 5.32 Å². The molecule has 1 atom stereocenters. The van der Waals surface area contributed by atoms with Crippen molar-refractivity contribution in [2.45, 2.75) is 26.1 Å². The molecule has 0 aliphatic heterocycles. The highest BCUT2D eigenvalue weighted by molar-refractivity contribution is 5.93. The van der Waals surface area contributed by atoms with Gasteiger partial charge in [-0.3, -0.25) is 4.79 Å². The van der Waals surface area contributed by atoms with E-state index < -0.39 is 17.8 Å². The third kappa shape index (κ3) is 4.30. The summed E-state index contributed by atoms with van der Waals surface area (Å²) in [4.78, 5) is 13.4. The number of hydrogen-bond acceptors (Lipinski definition) is 4. The van der Waals surface area contributed by atoms with E-state index >= 15 is 0 Å². The van der Waals surface area contributed by atoms with Crippen LogP contribution in [0, 0.1) is 6.92 Å². The molecule has 3 aromatic rings. The SMILES string of the molecule is Cc1cccc(NC(=O)C(C)n2nnc(-c3cccc(C(F)(F)F)c3)n2)c1. The molecule has 0 bridgehead atoms. The number of aromatic nitrogens is 4. The molecule has 6 nitrogen and oxygen atoms in total. The van der Waals surface area contributed by atoms with Gasteiger partial charge in [0.15, 0.2) is 0 Å². The molecule has 0 radical (unpaired) electrons. The number of alkyl halides is 3. The number of rotatable bonds is 4. The van der Waals surface area contributed by atoms with Gasteiger partial charge in [0.2, 0.25) is 5.82 Å². The van der Waals surface area contributed by atoms with Crippen LogP contribution in [0.5, 0.6) is 0 Å². The van der Waals surface area contributed by atoms with Crippen LogP contribution in [0.2, 0.25) is 0 Å². The van der Waals surface area contributed by atoms with Crippen molar-refractivity contribution in [1.82, 2.24) is 20.2 Å². The number of aryl methyl sites for hydroxylation is 1. The molecule has 3 rings (SSSR count). The van der Waals surface area contributed by atoms with Gasteiger partial charge in [0.1, 0.15) is 6.04 Å². The Kier molecular flexibility index (Phi) is 4.93. The van der Waals surface area contributed by atoms with E-state index in [2.05, 4.69) is 20.7 Å². The molecule has 0 saturated carbocycles. The van der Waals surface area contributed by atoms with Gasteiger partial charge in [0, 0.05) is 11.3 Å². The highest BCUT2D eigenvalue weighted by Crippen LogP contribution is 2.31. The molecule has 1 N–H and O–H groups in total. The van der Waals surface area contributed by atoms with Gasteiger partial charge in [-0.2, -0.15) is 18.0 Å². The van der Waals surface area contributed by atoms with Gasteiger partial charge in [0.05, 0.1) is 5.56 Å². The van der Waals surface area contributed by atoms with Gasteiger partial charge < -0.3 is 5.32 Å². The van der Waals surface area contributed by atoms with Crippen molar-refractivity contribution in [3.63, 3.8) is 0 Å². The number of amides is 1. The number of carbonyl (C=O) groups is 1. The van der Waals surface area contributed by atoms with E-state index in [4.69, 9.17) is 0 Å². The Labute approximate surface area is 153 Å². The lowest BCUT2D eigenvalue weighted by molar-refractivity contribution is -0.137. The summed E-state index contributed by atoms with van der Waals surface area (Å²) in [6, 6.07) is 11.1. The lowest BCUT2D eigenvalue weighted by Crippen LogP contribution is -2.25. The predicted molar refractivity (Wildman–Crippen MR) is 92.8 cm³/mol. The van der Waals surface area contributed by atoms with E-state index in [1.165, 1.54) is 12.1 Å². The van der Waals surface area contributed by atoms with Crippen LogP contribution in [0.3, 0.4) is 0 Å². The normalized spacial score (nSPS) is 12.6. The Balaban J connectivity index is 1.78. The largest absolute Gasteiger partial charge is 0.416 e. The van der Waals surface area contributed by atoms with Gasteiger partial charge in [-0.25, -0.2) is 0 Å². The summed E-state index contributed by atoms with van der Waals surface area (Å²) in [5.41, 5.74) is 0.986. The zero-order valence-electron chi connectivity index (χ0n) is 14.5. The van der Waals surface area contributed by atoms with E-state index in [-0.39, 0.29) is 17.3 Å². The van der Waals surface area contributed by atoms with Crippen molar-refractivity contribution < 1.29 is 18.0 Å². The Hall–Kier alpha value is -3.23. The summed E-state index contributed by atoms with van der Waals surface area (Å²) < 4.78 is 38.5. The van der Waals surface area contributed by atoms with Crippen molar-refractivity contribution in [2.75, 3.05) is 5.32 Å². The van der Waals surface area contributed by atoms with Crippen molar-refractivity contribution in [1.29, 1.82) is 0 Å². The van der Waals surface area contributed by atoms with Crippen LogP contribution in [0.15, 0.2) is 48.5 Å². The molecule has 0 aliphatic carbocycles. The molecule has 0 fully saturated rings. The minimum atomic E-state index is -4.47. The smallest absolute Gasteiger partial charge is 0.324 e. The van der Waals surface area contributed by atoms with Crippen molar-refractivity contribution in [3.05, 3.63) is 59.7 Å². The Morgan fingerprint density at radius 3 is 2.59 bits per heavy atom. The molecule has 140 valence electrons. The quantitative estimate of drug-likeness (QED) is 0.751. The second-order valence-corrected chi connectivity index (χ2v) is 6.05. The van der Waals surface area contributed by atoms with Crippen molar-refractivity contribution in [3.8, 4) is 11.4 Å². The maximum atomic E-state index is 12.8. The number of anilines is 1. The zero-order valence-corrected chi connectivity index (χ0v) is 14.5. The summed E-state index contributed by atoms with van der Waals surface area (Å²) in [6.07, 6.45) is -4.47. The molecule has 27 heavy (non-hydrogen) atoms. The van der Waals surface area contributed by atoms with E-state index in [1.807, 2.05) is 25.1 Å². The summed E-state index contributed by atoms with van der Waals surface area (Å²) in [5.74, 6) is -0.357. The lowest BCUT2D eigenvalue weighted by atomic mass is 10.1. The molecule has 2 aromatic carbocycles. The Morgan fingerprint density at radius 2 is 1.89 bits per heavy atom. The van der Waals surface area contributed by atoms with Crippen LogP contribution in [0.25, 0.3) is 11.4 Å². The minimum Gasteiger partial charge on any atom is -0.324 e. The van der Waals surface area contributed by atoms with E-state index in [0.717, 1.165) is 22.5 Å². The van der Waals surface area contributed by atoms with Crippen LogP contribution in [-0.4, -0.2) is 26.1 Å². The third-order valence-corrected chi connectivity index (χ3v) is 3.89. The number of hydrogen-bond donors (Lipinski definition) is 1. The molecule has 1 heterocycles. The number of carbonyl (C=O) groups excluding carboxylic acids is 1. The third-order valence-electron chi connectivity index (χ3n) is 3.89. The van der Waals surface area contributed by atoms with Gasteiger partial charge in [-0.15, -0.1) is 10.2 Å². The molecule has 1 amide bonds. The summed E-state index contributed by atoms with van der Waals surface area (Å²) in [5, 5.41) is 14.4. The number of nitrogens with one attached hydrogen (secondary N) is 1. The molecule has 0 saturated heterocycles. The highest BCUT2D eigenvalue weighted by Gasteiger charge is 2.31. The van der Waals surface area contributed by atoms with Gasteiger partial charge in [0.25, 0.3) is 5.91 Å². The van der Waals surface area contributed by atoms with Crippen LogP contribution in [0.4, 0.5) is 18.9 Å². The average Bonchev–Trinajstić information content (AvgIpc) is 3.10. The van der Waals surface area contributed by atoms with Crippen LogP contribution >= 0.6 is 0 Å². The minimum absolute atomic E-state index is 0.0105. The molecule has 0 aliphatic rings. The Morgan fingerprint density at radius 1 is 1.15 bits per heavy atom. The first kappa shape index (κ1) is 18.6. The van der Waals surface area contributed by atoms with E-state index in [1.54, 1.807) is 13.0 Å². The van der Waals surface area contributed by atoms with Gasteiger partial charge in [-0.1, -0.05) is 24.3 Å². The first-order valence-corrected chi connectivity index (χ1v) is 8.09. The van der Waals surface area contributed by atoms with Crippen LogP contribution in [0.1, 0.15) is 24.1 Å². The molecule has 9 heteroatoms. The van der Waals surface area contributed by atoms with Gasteiger partial charge >= 0.3 is 6.18 Å². The van der Waals surface area contributed by atoms with E-state index in [9.17, 15) is 18.0 Å². The fraction of sp³-hybridized carbons (Fsp3) is 0.222. The molecule has 1 unspecified atom stereocenters. The Bertz CT molecular complexity index is 967. The summed E-state index contributed by atoms with van der Waals surface area (Å²) in [6.45, 7) is 3.47. The zero-order chi connectivity index (χ0) is 19.6. The fourth-order valence-corrected chi connectivity index (χ4v) is 2.41. The van der Waals surface area contributed by atoms with E-state index in [0.29, 0.717) is 5.69 Å². The first-order valence-electron chi connectivity index (χ1n) is 8.09. The lowest BCUT2D eigenvalue weighted by Gasteiger charge is -2.11. The van der Waals surface area contributed by atoms with Crippen LogP contribution in [-0.2, 0) is 11.0 Å².